The summed E-state index contributed by atoms with van der Waals surface area (Å²) in [6.07, 6.45) is -3.10. The van der Waals surface area contributed by atoms with Gasteiger partial charge in [-0.05, 0) is 6.07 Å². The van der Waals surface area contributed by atoms with Crippen molar-refractivity contribution in [3.8, 4) is 11.3 Å². The Balaban J connectivity index is 1.54. The molecule has 27 heavy (non-hydrogen) atoms. The van der Waals surface area contributed by atoms with Gasteiger partial charge in [0.05, 0.1) is 22.9 Å². The van der Waals surface area contributed by atoms with Crippen molar-refractivity contribution in [2.45, 2.75) is 6.18 Å². The zero-order valence-electron chi connectivity index (χ0n) is 13.7. The maximum Gasteiger partial charge on any atom is 0.449 e. The molecule has 4 rings (SSSR count). The van der Waals surface area contributed by atoms with Crippen LogP contribution < -0.4 is 5.43 Å². The Labute approximate surface area is 155 Å². The number of imidazole rings is 1. The predicted octanol–water partition coefficient (Wildman–Crippen LogP) is 5.15. The van der Waals surface area contributed by atoms with Crippen LogP contribution in [-0.4, -0.2) is 21.2 Å². The molecule has 0 aliphatic heterocycles. The number of aromatic nitrogens is 3. The molecule has 0 saturated carbocycles. The lowest BCUT2D eigenvalue weighted by atomic mass is 10.2. The van der Waals surface area contributed by atoms with Crippen LogP contribution in [0.25, 0.3) is 22.3 Å². The lowest BCUT2D eigenvalue weighted by Crippen LogP contribution is -2.06. The third-order valence-electron chi connectivity index (χ3n) is 3.75. The number of benzene rings is 2. The Hall–Kier alpha value is -3.20. The number of nitrogens with zero attached hydrogens (tertiary/aromatic N) is 3. The minimum absolute atomic E-state index is 0.208. The number of aromatic amines is 1. The SMILES string of the molecule is FC(F)(F)c1nc2c(C=NNc3nc(-c4ccccc4)cs3)cccc2[nH]1. The fourth-order valence-corrected chi connectivity index (χ4v) is 3.18. The number of fused-ring (bicyclic) bond motifs is 1. The maximum absolute atomic E-state index is 12.8. The molecule has 0 spiro atoms. The zero-order valence-corrected chi connectivity index (χ0v) is 14.5. The van der Waals surface area contributed by atoms with Gasteiger partial charge in [0, 0.05) is 16.5 Å². The average Bonchev–Trinajstić information content (AvgIpc) is 3.29. The lowest BCUT2D eigenvalue weighted by molar-refractivity contribution is -0.144. The molecule has 2 N–H and O–H groups in total. The second-order valence-corrected chi connectivity index (χ2v) is 6.46. The van der Waals surface area contributed by atoms with E-state index in [1.165, 1.54) is 23.6 Å². The Morgan fingerprint density at radius 1 is 1.04 bits per heavy atom. The van der Waals surface area contributed by atoms with Gasteiger partial charge in [-0.1, -0.05) is 42.5 Å². The molecule has 0 amide bonds. The molecule has 4 aromatic rings. The van der Waals surface area contributed by atoms with Gasteiger partial charge >= 0.3 is 6.18 Å². The number of alkyl halides is 3. The van der Waals surface area contributed by atoms with Gasteiger partial charge in [0.15, 0.2) is 0 Å². The van der Waals surface area contributed by atoms with Crippen LogP contribution in [0.3, 0.4) is 0 Å². The van der Waals surface area contributed by atoms with Gasteiger partial charge in [-0.3, -0.25) is 5.43 Å². The molecule has 2 aromatic carbocycles. The van der Waals surface area contributed by atoms with Gasteiger partial charge in [0.1, 0.15) is 0 Å². The van der Waals surface area contributed by atoms with Gasteiger partial charge in [-0.15, -0.1) is 11.3 Å². The molecule has 0 radical (unpaired) electrons. The smallest absolute Gasteiger partial charge is 0.334 e. The Bertz CT molecular complexity index is 1100. The molecule has 0 bridgehead atoms. The van der Waals surface area contributed by atoms with Gasteiger partial charge in [0.25, 0.3) is 0 Å². The van der Waals surface area contributed by atoms with E-state index in [1.54, 1.807) is 12.1 Å². The van der Waals surface area contributed by atoms with E-state index in [-0.39, 0.29) is 5.52 Å². The van der Waals surface area contributed by atoms with Gasteiger partial charge in [0.2, 0.25) is 11.0 Å². The van der Waals surface area contributed by atoms with Crippen molar-refractivity contribution < 1.29 is 13.2 Å². The molecule has 136 valence electrons. The number of para-hydroxylation sites is 1. The minimum Gasteiger partial charge on any atom is -0.334 e. The van der Waals surface area contributed by atoms with Crippen LogP contribution in [0.4, 0.5) is 18.3 Å². The second kappa shape index (κ2) is 6.84. The molecule has 0 saturated heterocycles. The van der Waals surface area contributed by atoms with E-state index in [4.69, 9.17) is 0 Å². The summed E-state index contributed by atoms with van der Waals surface area (Å²) in [4.78, 5) is 10.4. The van der Waals surface area contributed by atoms with E-state index in [2.05, 4.69) is 25.5 Å². The number of nitrogens with one attached hydrogen (secondary N) is 2. The van der Waals surface area contributed by atoms with Crippen molar-refractivity contribution in [1.82, 2.24) is 15.0 Å². The number of hydrogen-bond donors (Lipinski definition) is 2. The number of hydrogen-bond acceptors (Lipinski definition) is 5. The van der Waals surface area contributed by atoms with E-state index in [0.29, 0.717) is 16.2 Å². The first-order valence-electron chi connectivity index (χ1n) is 7.87. The summed E-state index contributed by atoms with van der Waals surface area (Å²) in [5, 5.41) is 6.56. The zero-order chi connectivity index (χ0) is 18.9. The fourth-order valence-electron chi connectivity index (χ4n) is 2.52. The summed E-state index contributed by atoms with van der Waals surface area (Å²) in [5.41, 5.74) is 5.59. The molecule has 0 aliphatic rings. The number of thiazole rings is 1. The van der Waals surface area contributed by atoms with E-state index >= 15 is 0 Å². The van der Waals surface area contributed by atoms with Gasteiger partial charge < -0.3 is 4.98 Å². The minimum atomic E-state index is -4.53. The van der Waals surface area contributed by atoms with E-state index in [1.807, 2.05) is 35.7 Å². The predicted molar refractivity (Wildman–Crippen MR) is 99.9 cm³/mol. The summed E-state index contributed by atoms with van der Waals surface area (Å²) >= 11 is 1.38. The molecule has 0 atom stereocenters. The van der Waals surface area contributed by atoms with E-state index < -0.39 is 12.0 Å². The highest BCUT2D eigenvalue weighted by Gasteiger charge is 2.34. The molecule has 5 nitrogen and oxygen atoms in total. The maximum atomic E-state index is 12.8. The van der Waals surface area contributed by atoms with Crippen LogP contribution in [-0.2, 0) is 6.18 Å². The third-order valence-corrected chi connectivity index (χ3v) is 4.50. The topological polar surface area (TPSA) is 66.0 Å². The van der Waals surface area contributed by atoms with Crippen molar-refractivity contribution in [3.05, 3.63) is 65.3 Å². The van der Waals surface area contributed by atoms with E-state index in [9.17, 15) is 13.2 Å². The third kappa shape index (κ3) is 3.68. The number of anilines is 1. The standard InChI is InChI=1S/C18H12F3N5S/c19-18(20,21)16-23-13-8-4-7-12(15(13)25-16)9-22-26-17-24-14(10-27-17)11-5-2-1-3-6-11/h1-10H,(H,23,25)(H,24,26). The van der Waals surface area contributed by atoms with E-state index in [0.717, 1.165) is 11.3 Å². The summed E-state index contributed by atoms with van der Waals surface area (Å²) in [5.74, 6) is -1.03. The van der Waals surface area contributed by atoms with Crippen LogP contribution in [0.15, 0.2) is 59.0 Å². The van der Waals surface area contributed by atoms with Crippen LogP contribution in [0.2, 0.25) is 0 Å². The molecule has 0 aliphatic carbocycles. The second-order valence-electron chi connectivity index (χ2n) is 5.60. The van der Waals surface area contributed by atoms with Crippen molar-refractivity contribution in [2.24, 2.45) is 5.10 Å². The van der Waals surface area contributed by atoms with Crippen molar-refractivity contribution in [3.63, 3.8) is 0 Å². The first-order chi connectivity index (χ1) is 13.0. The first kappa shape index (κ1) is 17.2. The van der Waals surface area contributed by atoms with Crippen molar-refractivity contribution >= 4 is 33.7 Å². The number of H-pyrrole nitrogens is 1. The van der Waals surface area contributed by atoms with Gasteiger partial charge in [-0.25, -0.2) is 9.97 Å². The molecular formula is C18H12F3N5S. The molecule has 0 unspecified atom stereocenters. The number of halogens is 3. The highest BCUT2D eigenvalue weighted by Crippen LogP contribution is 2.29. The summed E-state index contributed by atoms with van der Waals surface area (Å²) in [6.45, 7) is 0. The van der Waals surface area contributed by atoms with Crippen molar-refractivity contribution in [2.75, 3.05) is 5.43 Å². The monoisotopic (exact) mass is 387 g/mol. The molecule has 9 heteroatoms. The van der Waals surface area contributed by atoms with Crippen LogP contribution in [0, 0.1) is 0 Å². The summed E-state index contributed by atoms with van der Waals surface area (Å²) in [6, 6.07) is 14.5. The molecule has 2 aromatic heterocycles. The highest BCUT2D eigenvalue weighted by atomic mass is 32.1. The quantitative estimate of drug-likeness (QED) is 0.376. The van der Waals surface area contributed by atoms with Crippen molar-refractivity contribution in [1.29, 1.82) is 0 Å². The lowest BCUT2D eigenvalue weighted by Gasteiger charge is -1.99. The normalized spacial score (nSPS) is 12.1. The summed E-state index contributed by atoms with van der Waals surface area (Å²) in [7, 11) is 0. The highest BCUT2D eigenvalue weighted by molar-refractivity contribution is 7.14. The number of hydrazone groups is 1. The van der Waals surface area contributed by atoms with Gasteiger partial charge in [-0.2, -0.15) is 18.3 Å². The fraction of sp³-hybridized carbons (Fsp3) is 0.0556. The van der Waals surface area contributed by atoms with Crippen LogP contribution >= 0.6 is 11.3 Å². The Morgan fingerprint density at radius 3 is 2.63 bits per heavy atom. The Morgan fingerprint density at radius 2 is 1.85 bits per heavy atom. The molecular weight excluding hydrogens is 375 g/mol. The van der Waals surface area contributed by atoms with Crippen LogP contribution in [0.1, 0.15) is 11.4 Å². The average molecular weight is 387 g/mol. The molecule has 0 fully saturated rings. The number of rotatable bonds is 4. The largest absolute Gasteiger partial charge is 0.449 e. The first-order valence-corrected chi connectivity index (χ1v) is 8.74. The van der Waals surface area contributed by atoms with Crippen LogP contribution in [0.5, 0.6) is 0 Å². The molecule has 2 heterocycles. The summed E-state index contributed by atoms with van der Waals surface area (Å²) < 4.78 is 38.5. The Kier molecular flexibility index (Phi) is 4.36.